The van der Waals surface area contributed by atoms with Gasteiger partial charge in [0, 0.05) is 23.5 Å². The van der Waals surface area contributed by atoms with Gasteiger partial charge in [0.05, 0.1) is 0 Å². The van der Waals surface area contributed by atoms with Crippen LogP contribution in [0.2, 0.25) is 0 Å². The summed E-state index contributed by atoms with van der Waals surface area (Å²) in [5, 5.41) is 12.6. The van der Waals surface area contributed by atoms with Gasteiger partial charge in [-0.3, -0.25) is 4.98 Å². The molecule has 0 aliphatic rings. The number of nitrogen functional groups attached to an aromatic ring is 1. The van der Waals surface area contributed by atoms with E-state index in [2.05, 4.69) is 4.98 Å². The number of benzene rings is 2. The van der Waals surface area contributed by atoms with E-state index < -0.39 is 6.10 Å². The molecular weight excluding hydrogens is 236 g/mol. The molecule has 2 aromatic carbocycles. The third kappa shape index (κ3) is 2.16. The molecule has 3 rings (SSSR count). The second kappa shape index (κ2) is 4.71. The molecule has 0 bridgehead atoms. The lowest BCUT2D eigenvalue weighted by Crippen LogP contribution is -2.01. The summed E-state index contributed by atoms with van der Waals surface area (Å²) in [6.45, 7) is 0. The van der Waals surface area contributed by atoms with Crippen molar-refractivity contribution in [2.24, 2.45) is 0 Å². The molecule has 94 valence electrons. The number of aliphatic hydroxyl groups excluding tert-OH is 1. The molecule has 19 heavy (non-hydrogen) atoms. The summed E-state index contributed by atoms with van der Waals surface area (Å²) >= 11 is 0. The summed E-state index contributed by atoms with van der Waals surface area (Å²) in [5.41, 5.74) is 8.07. The largest absolute Gasteiger partial charge is 0.399 e. The van der Waals surface area contributed by atoms with E-state index in [0.717, 1.165) is 21.9 Å². The van der Waals surface area contributed by atoms with E-state index in [1.807, 2.05) is 36.4 Å². The molecule has 1 unspecified atom stereocenters. The van der Waals surface area contributed by atoms with E-state index in [-0.39, 0.29) is 0 Å². The fraction of sp³-hybridized carbons (Fsp3) is 0.0625. The fourth-order valence-corrected chi connectivity index (χ4v) is 2.24. The maximum absolute atomic E-state index is 10.5. The average Bonchev–Trinajstić information content (AvgIpc) is 2.47. The molecule has 0 saturated carbocycles. The monoisotopic (exact) mass is 250 g/mol. The first-order valence-corrected chi connectivity index (χ1v) is 6.12. The number of pyridine rings is 1. The number of hydrogen-bond donors (Lipinski definition) is 2. The Kier molecular flexibility index (Phi) is 2.89. The number of aromatic nitrogens is 1. The van der Waals surface area contributed by atoms with Crippen LogP contribution in [0.15, 0.2) is 60.9 Å². The highest BCUT2D eigenvalue weighted by molar-refractivity contribution is 5.85. The maximum atomic E-state index is 10.5. The minimum Gasteiger partial charge on any atom is -0.399 e. The highest BCUT2D eigenvalue weighted by Crippen LogP contribution is 2.28. The molecule has 3 heteroatoms. The van der Waals surface area contributed by atoms with Crippen molar-refractivity contribution in [2.45, 2.75) is 6.10 Å². The van der Waals surface area contributed by atoms with Crippen LogP contribution in [0, 0.1) is 0 Å². The molecule has 3 nitrogen and oxygen atoms in total. The van der Waals surface area contributed by atoms with Gasteiger partial charge in [0.15, 0.2) is 0 Å². The minimum atomic E-state index is -0.660. The van der Waals surface area contributed by atoms with Gasteiger partial charge in [0.25, 0.3) is 0 Å². The number of aliphatic hydroxyl groups is 1. The predicted molar refractivity (Wildman–Crippen MR) is 76.7 cm³/mol. The molecule has 0 spiro atoms. The predicted octanol–water partition coefficient (Wildman–Crippen LogP) is 2.90. The van der Waals surface area contributed by atoms with Crippen LogP contribution < -0.4 is 5.73 Å². The summed E-state index contributed by atoms with van der Waals surface area (Å²) in [6.07, 6.45) is 2.88. The van der Waals surface area contributed by atoms with Crippen LogP contribution in [0.5, 0.6) is 0 Å². The van der Waals surface area contributed by atoms with Crippen molar-refractivity contribution in [1.29, 1.82) is 0 Å². The maximum Gasteiger partial charge on any atom is 0.105 e. The molecule has 1 atom stereocenters. The number of fused-ring (bicyclic) bond motifs is 1. The van der Waals surface area contributed by atoms with Crippen LogP contribution >= 0.6 is 0 Å². The lowest BCUT2D eigenvalue weighted by molar-refractivity contribution is 0.222. The van der Waals surface area contributed by atoms with Crippen LogP contribution in [-0.2, 0) is 0 Å². The van der Waals surface area contributed by atoms with E-state index >= 15 is 0 Å². The zero-order valence-corrected chi connectivity index (χ0v) is 10.3. The van der Waals surface area contributed by atoms with E-state index in [1.54, 1.807) is 24.5 Å². The van der Waals surface area contributed by atoms with E-state index in [0.29, 0.717) is 5.69 Å². The molecular formula is C16H14N2O. The van der Waals surface area contributed by atoms with Gasteiger partial charge in [-0.25, -0.2) is 0 Å². The average molecular weight is 250 g/mol. The van der Waals surface area contributed by atoms with Gasteiger partial charge in [-0.15, -0.1) is 0 Å². The van der Waals surface area contributed by atoms with Crippen molar-refractivity contribution >= 4 is 16.5 Å². The standard InChI is InChI=1S/C16H14N2O/c17-13-6-4-11(5-7-13)16(19)15-3-1-2-12-10-18-9-8-14(12)15/h1-10,16,19H,17H2. The van der Waals surface area contributed by atoms with Gasteiger partial charge in [-0.1, -0.05) is 30.3 Å². The van der Waals surface area contributed by atoms with Gasteiger partial charge in [-0.2, -0.15) is 0 Å². The second-order valence-corrected chi connectivity index (χ2v) is 4.51. The third-order valence-electron chi connectivity index (χ3n) is 3.26. The molecule has 1 heterocycles. The van der Waals surface area contributed by atoms with Gasteiger partial charge in [0.2, 0.25) is 0 Å². The zero-order chi connectivity index (χ0) is 13.2. The lowest BCUT2D eigenvalue weighted by atomic mass is 9.97. The molecule has 0 radical (unpaired) electrons. The summed E-state index contributed by atoms with van der Waals surface area (Å²) in [4.78, 5) is 4.10. The van der Waals surface area contributed by atoms with Crippen LogP contribution in [0.3, 0.4) is 0 Å². The van der Waals surface area contributed by atoms with Crippen LogP contribution in [0.1, 0.15) is 17.2 Å². The van der Waals surface area contributed by atoms with Crippen molar-refractivity contribution in [3.63, 3.8) is 0 Å². The molecule has 0 aliphatic carbocycles. The van der Waals surface area contributed by atoms with Crippen LogP contribution in [0.25, 0.3) is 10.8 Å². The SMILES string of the molecule is Nc1ccc(C(O)c2cccc3cnccc23)cc1. The van der Waals surface area contributed by atoms with E-state index in [9.17, 15) is 5.11 Å². The first-order valence-electron chi connectivity index (χ1n) is 6.12. The summed E-state index contributed by atoms with van der Waals surface area (Å²) < 4.78 is 0. The number of rotatable bonds is 2. The Labute approximate surface area is 111 Å². The summed E-state index contributed by atoms with van der Waals surface area (Å²) in [7, 11) is 0. The Morgan fingerprint density at radius 3 is 2.58 bits per heavy atom. The molecule has 0 amide bonds. The number of nitrogens with zero attached hydrogens (tertiary/aromatic N) is 1. The van der Waals surface area contributed by atoms with Gasteiger partial charge in [-0.05, 0) is 34.7 Å². The molecule has 1 aromatic heterocycles. The molecule has 3 aromatic rings. The number of nitrogens with two attached hydrogens (primary N) is 1. The lowest BCUT2D eigenvalue weighted by Gasteiger charge is -2.14. The summed E-state index contributed by atoms with van der Waals surface area (Å²) in [5.74, 6) is 0. The second-order valence-electron chi connectivity index (χ2n) is 4.51. The first kappa shape index (κ1) is 11.7. The van der Waals surface area contributed by atoms with Crippen LogP contribution in [0.4, 0.5) is 5.69 Å². The smallest absolute Gasteiger partial charge is 0.105 e. The molecule has 3 N–H and O–H groups in total. The van der Waals surface area contributed by atoms with Crippen molar-refractivity contribution in [2.75, 3.05) is 5.73 Å². The Morgan fingerprint density at radius 2 is 1.79 bits per heavy atom. The third-order valence-corrected chi connectivity index (χ3v) is 3.26. The fourth-order valence-electron chi connectivity index (χ4n) is 2.24. The molecule has 0 saturated heterocycles. The Balaban J connectivity index is 2.11. The van der Waals surface area contributed by atoms with Gasteiger partial charge < -0.3 is 10.8 Å². The van der Waals surface area contributed by atoms with E-state index in [4.69, 9.17) is 5.73 Å². The number of anilines is 1. The summed E-state index contributed by atoms with van der Waals surface area (Å²) in [6, 6.07) is 15.1. The molecule has 0 aliphatic heterocycles. The van der Waals surface area contributed by atoms with Crippen molar-refractivity contribution in [3.05, 3.63) is 72.1 Å². The van der Waals surface area contributed by atoms with Crippen molar-refractivity contribution < 1.29 is 5.11 Å². The molecule has 0 fully saturated rings. The normalized spacial score (nSPS) is 12.5. The first-order chi connectivity index (χ1) is 9.25. The van der Waals surface area contributed by atoms with Crippen LogP contribution in [-0.4, -0.2) is 10.1 Å². The minimum absolute atomic E-state index is 0.660. The Hall–Kier alpha value is -2.39. The zero-order valence-electron chi connectivity index (χ0n) is 10.3. The quantitative estimate of drug-likeness (QED) is 0.687. The highest BCUT2D eigenvalue weighted by Gasteiger charge is 2.13. The highest BCUT2D eigenvalue weighted by atomic mass is 16.3. The number of hydrogen-bond acceptors (Lipinski definition) is 3. The Bertz CT molecular complexity index is 702. The van der Waals surface area contributed by atoms with E-state index in [1.165, 1.54) is 0 Å². The topological polar surface area (TPSA) is 59.1 Å². The van der Waals surface area contributed by atoms with Gasteiger partial charge in [0.1, 0.15) is 6.10 Å². The van der Waals surface area contributed by atoms with Crippen molar-refractivity contribution in [1.82, 2.24) is 4.98 Å². The van der Waals surface area contributed by atoms with Crippen molar-refractivity contribution in [3.8, 4) is 0 Å². The Morgan fingerprint density at radius 1 is 1.00 bits per heavy atom. The van der Waals surface area contributed by atoms with Gasteiger partial charge >= 0.3 is 0 Å².